The Bertz CT molecular complexity index is 419. The average molecular weight is 280 g/mol. The highest BCUT2D eigenvalue weighted by molar-refractivity contribution is 5.78. The predicted molar refractivity (Wildman–Crippen MR) is 81.5 cm³/mol. The third-order valence-corrected chi connectivity index (χ3v) is 3.77. The molecule has 1 fully saturated rings. The standard InChI is InChI=1S/C13H22N4O.C2H6/c1-13(4-7-16(2)8-5-13)15-12(18)10-11-14-6-9-17(11)3;1-2/h6,9H,4-5,7-8,10H2,1-3H3,(H,15,18);1-2H3. The van der Waals surface area contributed by atoms with Crippen molar-refractivity contribution >= 4 is 5.91 Å². The fourth-order valence-corrected chi connectivity index (χ4v) is 2.33. The molecular formula is C15H28N4O. The van der Waals surface area contributed by atoms with Crippen LogP contribution >= 0.6 is 0 Å². The molecule has 0 bridgehead atoms. The maximum Gasteiger partial charge on any atom is 0.228 e. The lowest BCUT2D eigenvalue weighted by molar-refractivity contribution is -0.122. The molecule has 1 amide bonds. The summed E-state index contributed by atoms with van der Waals surface area (Å²) in [7, 11) is 4.03. The lowest BCUT2D eigenvalue weighted by Gasteiger charge is -2.38. The van der Waals surface area contributed by atoms with Gasteiger partial charge in [-0.05, 0) is 26.8 Å². The smallest absolute Gasteiger partial charge is 0.228 e. The first-order chi connectivity index (χ1) is 9.48. The summed E-state index contributed by atoms with van der Waals surface area (Å²) in [5.74, 6) is 0.875. The summed E-state index contributed by atoms with van der Waals surface area (Å²) in [5, 5.41) is 3.16. The Kier molecular flexibility index (Phi) is 6.20. The normalized spacial score (nSPS) is 18.1. The molecule has 0 spiro atoms. The molecule has 0 aromatic carbocycles. The van der Waals surface area contributed by atoms with Gasteiger partial charge in [-0.25, -0.2) is 4.98 Å². The van der Waals surface area contributed by atoms with E-state index in [1.165, 1.54) is 0 Å². The van der Waals surface area contributed by atoms with Crippen LogP contribution in [0.25, 0.3) is 0 Å². The summed E-state index contributed by atoms with van der Waals surface area (Å²) in [5.41, 5.74) is -0.0608. The number of carbonyl (C=O) groups excluding carboxylic acids is 1. The topological polar surface area (TPSA) is 50.2 Å². The fourth-order valence-electron chi connectivity index (χ4n) is 2.33. The molecule has 2 heterocycles. The zero-order valence-corrected chi connectivity index (χ0v) is 13.4. The third kappa shape index (κ3) is 4.63. The maximum absolute atomic E-state index is 12.0. The third-order valence-electron chi connectivity index (χ3n) is 3.77. The molecule has 20 heavy (non-hydrogen) atoms. The van der Waals surface area contributed by atoms with Gasteiger partial charge in [-0.2, -0.15) is 0 Å². The van der Waals surface area contributed by atoms with Crippen molar-refractivity contribution in [1.29, 1.82) is 0 Å². The molecular weight excluding hydrogens is 252 g/mol. The van der Waals surface area contributed by atoms with Gasteiger partial charge in [-0.15, -0.1) is 0 Å². The van der Waals surface area contributed by atoms with Crippen LogP contribution in [0.15, 0.2) is 12.4 Å². The Morgan fingerprint density at radius 1 is 1.35 bits per heavy atom. The van der Waals surface area contributed by atoms with Crippen molar-refractivity contribution in [3.05, 3.63) is 18.2 Å². The fraction of sp³-hybridized carbons (Fsp3) is 0.733. The van der Waals surface area contributed by atoms with E-state index < -0.39 is 0 Å². The number of amides is 1. The summed E-state index contributed by atoms with van der Waals surface area (Å²) in [6, 6.07) is 0. The molecule has 114 valence electrons. The van der Waals surface area contributed by atoms with Gasteiger partial charge < -0.3 is 14.8 Å². The van der Waals surface area contributed by atoms with Crippen LogP contribution in [0.2, 0.25) is 0 Å². The Hall–Kier alpha value is -1.36. The highest BCUT2D eigenvalue weighted by atomic mass is 16.1. The summed E-state index contributed by atoms with van der Waals surface area (Å²) in [6.07, 6.45) is 5.96. The summed E-state index contributed by atoms with van der Waals surface area (Å²) >= 11 is 0. The van der Waals surface area contributed by atoms with Crippen LogP contribution < -0.4 is 5.32 Å². The quantitative estimate of drug-likeness (QED) is 0.915. The second kappa shape index (κ2) is 7.43. The molecule has 0 radical (unpaired) electrons. The maximum atomic E-state index is 12.0. The molecule has 5 nitrogen and oxygen atoms in total. The van der Waals surface area contributed by atoms with E-state index in [2.05, 4.69) is 29.2 Å². The van der Waals surface area contributed by atoms with Crippen molar-refractivity contribution in [3.63, 3.8) is 0 Å². The minimum atomic E-state index is -0.0608. The number of hydrogen-bond acceptors (Lipinski definition) is 3. The summed E-state index contributed by atoms with van der Waals surface area (Å²) in [4.78, 5) is 18.5. The van der Waals surface area contributed by atoms with E-state index in [0.29, 0.717) is 6.42 Å². The molecule has 1 aliphatic rings. The Balaban J connectivity index is 0.000000956. The number of nitrogens with one attached hydrogen (secondary N) is 1. The van der Waals surface area contributed by atoms with Gasteiger partial charge in [0.25, 0.3) is 0 Å². The Labute approximate surface area is 122 Å². The van der Waals surface area contributed by atoms with Crippen LogP contribution in [-0.2, 0) is 18.3 Å². The molecule has 1 saturated heterocycles. The number of aromatic nitrogens is 2. The first kappa shape index (κ1) is 16.7. The van der Waals surface area contributed by atoms with Gasteiger partial charge in [0.1, 0.15) is 5.82 Å². The minimum Gasteiger partial charge on any atom is -0.350 e. The van der Waals surface area contributed by atoms with Gasteiger partial charge >= 0.3 is 0 Å². The zero-order valence-electron chi connectivity index (χ0n) is 13.4. The lowest BCUT2D eigenvalue weighted by Crippen LogP contribution is -2.53. The molecule has 1 aliphatic heterocycles. The molecule has 0 aliphatic carbocycles. The van der Waals surface area contributed by atoms with Crippen LogP contribution in [0.4, 0.5) is 0 Å². The lowest BCUT2D eigenvalue weighted by atomic mass is 9.89. The van der Waals surface area contributed by atoms with Gasteiger partial charge in [0.05, 0.1) is 6.42 Å². The van der Waals surface area contributed by atoms with E-state index in [0.717, 1.165) is 31.8 Å². The molecule has 0 saturated carbocycles. The number of imidazole rings is 1. The van der Waals surface area contributed by atoms with Gasteiger partial charge in [-0.3, -0.25) is 4.79 Å². The monoisotopic (exact) mass is 280 g/mol. The average Bonchev–Trinajstić information content (AvgIpc) is 2.81. The summed E-state index contributed by atoms with van der Waals surface area (Å²) < 4.78 is 1.89. The van der Waals surface area contributed by atoms with Gasteiger partial charge in [0, 0.05) is 38.1 Å². The number of nitrogens with zero attached hydrogens (tertiary/aromatic N) is 3. The number of aryl methyl sites for hydroxylation is 1. The van der Waals surface area contributed by atoms with Crippen molar-refractivity contribution in [2.75, 3.05) is 20.1 Å². The minimum absolute atomic E-state index is 0.0608. The van der Waals surface area contributed by atoms with Crippen molar-refractivity contribution in [2.45, 2.75) is 45.6 Å². The number of rotatable bonds is 3. The van der Waals surface area contributed by atoms with Crippen molar-refractivity contribution in [3.8, 4) is 0 Å². The van der Waals surface area contributed by atoms with Crippen molar-refractivity contribution < 1.29 is 4.79 Å². The number of likely N-dealkylation sites (tertiary alicyclic amines) is 1. The van der Waals surface area contributed by atoms with Gasteiger partial charge in [0.2, 0.25) is 5.91 Å². The highest BCUT2D eigenvalue weighted by Gasteiger charge is 2.30. The number of hydrogen-bond donors (Lipinski definition) is 1. The van der Waals surface area contributed by atoms with Crippen LogP contribution in [0, 0.1) is 0 Å². The predicted octanol–water partition coefficient (Wildman–Crippen LogP) is 1.59. The van der Waals surface area contributed by atoms with E-state index in [-0.39, 0.29) is 11.4 Å². The molecule has 2 rings (SSSR count). The van der Waals surface area contributed by atoms with E-state index in [9.17, 15) is 4.79 Å². The molecule has 0 atom stereocenters. The van der Waals surface area contributed by atoms with E-state index in [1.54, 1.807) is 6.20 Å². The largest absolute Gasteiger partial charge is 0.350 e. The first-order valence-electron chi connectivity index (χ1n) is 7.44. The molecule has 1 N–H and O–H groups in total. The second-order valence-electron chi connectivity index (χ2n) is 5.54. The second-order valence-corrected chi connectivity index (χ2v) is 5.54. The molecule has 1 aromatic rings. The SMILES string of the molecule is CC.CN1CCC(C)(NC(=O)Cc2nccn2C)CC1. The van der Waals surface area contributed by atoms with Gasteiger partial charge in [0.15, 0.2) is 0 Å². The Morgan fingerprint density at radius 2 is 1.95 bits per heavy atom. The van der Waals surface area contributed by atoms with Crippen molar-refractivity contribution in [2.24, 2.45) is 7.05 Å². The first-order valence-corrected chi connectivity index (χ1v) is 7.44. The summed E-state index contributed by atoms with van der Waals surface area (Å²) in [6.45, 7) is 8.22. The zero-order chi connectivity index (χ0) is 15.2. The van der Waals surface area contributed by atoms with E-state index >= 15 is 0 Å². The van der Waals surface area contributed by atoms with Crippen molar-refractivity contribution in [1.82, 2.24) is 19.8 Å². The van der Waals surface area contributed by atoms with Crippen LogP contribution in [0.3, 0.4) is 0 Å². The van der Waals surface area contributed by atoms with Gasteiger partial charge in [-0.1, -0.05) is 13.8 Å². The Morgan fingerprint density at radius 3 is 2.45 bits per heavy atom. The number of carbonyl (C=O) groups is 1. The van der Waals surface area contributed by atoms with Crippen LogP contribution in [0.1, 0.15) is 39.4 Å². The molecule has 1 aromatic heterocycles. The molecule has 0 unspecified atom stereocenters. The van der Waals surface area contributed by atoms with Crippen LogP contribution in [0.5, 0.6) is 0 Å². The highest BCUT2D eigenvalue weighted by Crippen LogP contribution is 2.20. The van der Waals surface area contributed by atoms with E-state index in [4.69, 9.17) is 0 Å². The molecule has 5 heteroatoms. The van der Waals surface area contributed by atoms with Crippen LogP contribution in [-0.4, -0.2) is 46.0 Å². The number of piperidine rings is 1. The van der Waals surface area contributed by atoms with E-state index in [1.807, 2.05) is 31.7 Å².